The molecule has 0 bridgehead atoms. The van der Waals surface area contributed by atoms with Crippen molar-refractivity contribution in [3.8, 4) is 5.75 Å². The van der Waals surface area contributed by atoms with Gasteiger partial charge in [-0.25, -0.2) is 0 Å². The molecule has 1 aliphatic rings. The molecule has 2 N–H and O–H groups in total. The summed E-state index contributed by atoms with van der Waals surface area (Å²) in [6.07, 6.45) is 0. The Balaban J connectivity index is 1.94. The molecule has 122 valence electrons. The zero-order valence-electron chi connectivity index (χ0n) is 12.8. The molecule has 1 aromatic rings. The fourth-order valence-corrected chi connectivity index (χ4v) is 3.63. The van der Waals surface area contributed by atoms with Gasteiger partial charge in [-0.15, -0.1) is 0 Å². The highest BCUT2D eigenvalue weighted by Gasteiger charge is 2.30. The van der Waals surface area contributed by atoms with Crippen LogP contribution in [0.2, 0.25) is 5.02 Å². The number of rotatable bonds is 4. The second kappa shape index (κ2) is 6.98. The number of amides is 1. The highest BCUT2D eigenvalue weighted by Crippen LogP contribution is 2.23. The lowest BCUT2D eigenvalue weighted by Crippen LogP contribution is -2.55. The van der Waals surface area contributed by atoms with E-state index in [1.165, 1.54) is 18.2 Å². The topological polar surface area (TPSA) is 69.6 Å². The van der Waals surface area contributed by atoms with Crippen LogP contribution < -0.4 is 5.32 Å². The zero-order chi connectivity index (χ0) is 16.3. The Morgan fingerprint density at radius 1 is 1.41 bits per heavy atom. The average molecular weight is 345 g/mol. The van der Waals surface area contributed by atoms with Gasteiger partial charge in [-0.05, 0) is 32.0 Å². The van der Waals surface area contributed by atoms with E-state index >= 15 is 0 Å². The number of nitrogens with zero attached hydrogens (tertiary/aromatic N) is 1. The summed E-state index contributed by atoms with van der Waals surface area (Å²) < 4.78 is 11.4. The molecule has 0 spiro atoms. The van der Waals surface area contributed by atoms with E-state index in [9.17, 15) is 14.1 Å². The van der Waals surface area contributed by atoms with Crippen molar-refractivity contribution in [3.63, 3.8) is 0 Å². The Kier molecular flexibility index (Phi) is 5.47. The molecule has 2 rings (SSSR count). The second-order valence-electron chi connectivity index (χ2n) is 6.00. The van der Waals surface area contributed by atoms with Crippen LogP contribution in [0, 0.1) is 0 Å². The van der Waals surface area contributed by atoms with Gasteiger partial charge in [-0.1, -0.05) is 11.6 Å². The first-order valence-electron chi connectivity index (χ1n) is 7.16. The summed E-state index contributed by atoms with van der Waals surface area (Å²) in [6.45, 7) is 6.16. The molecule has 7 heteroatoms. The Labute approximate surface area is 138 Å². The number of carbonyl (C=O) groups excluding carboxylic acids is 1. The number of halogens is 1. The first-order valence-corrected chi connectivity index (χ1v) is 9.03. The first-order chi connectivity index (χ1) is 10.3. The van der Waals surface area contributed by atoms with Crippen molar-refractivity contribution in [2.75, 3.05) is 31.1 Å². The summed E-state index contributed by atoms with van der Waals surface area (Å²) in [7, 11) is -0.710. The van der Waals surface area contributed by atoms with Gasteiger partial charge >= 0.3 is 0 Å². The molecule has 1 aliphatic heterocycles. The predicted molar refractivity (Wildman–Crippen MR) is 89.0 cm³/mol. The molecule has 0 atom stereocenters. The molecule has 0 aliphatic carbocycles. The van der Waals surface area contributed by atoms with E-state index in [2.05, 4.69) is 24.1 Å². The lowest BCUT2D eigenvalue weighted by molar-refractivity contribution is 0.0883. The van der Waals surface area contributed by atoms with Gasteiger partial charge in [0.25, 0.3) is 5.91 Å². The largest absolute Gasteiger partial charge is 0.506 e. The van der Waals surface area contributed by atoms with Crippen LogP contribution in [-0.4, -0.2) is 56.8 Å². The molecule has 1 heterocycles. The van der Waals surface area contributed by atoms with Crippen molar-refractivity contribution in [2.45, 2.75) is 19.4 Å². The van der Waals surface area contributed by atoms with Crippen LogP contribution in [0.4, 0.5) is 0 Å². The molecule has 0 aromatic heterocycles. The summed E-state index contributed by atoms with van der Waals surface area (Å²) >= 11 is 5.82. The zero-order valence-corrected chi connectivity index (χ0v) is 14.3. The lowest BCUT2D eigenvalue weighted by atomic mass is 10.0. The summed E-state index contributed by atoms with van der Waals surface area (Å²) in [5.74, 6) is 1.10. The van der Waals surface area contributed by atoms with Gasteiger partial charge in [0.2, 0.25) is 0 Å². The Hall–Kier alpha value is -1.11. The number of benzene rings is 1. The first kappa shape index (κ1) is 17.2. The summed E-state index contributed by atoms with van der Waals surface area (Å²) in [4.78, 5) is 14.4. The van der Waals surface area contributed by atoms with Crippen LogP contribution in [0.25, 0.3) is 0 Å². The normalized spacial score (nSPS) is 17.4. The van der Waals surface area contributed by atoms with Crippen molar-refractivity contribution < 1.29 is 14.1 Å². The van der Waals surface area contributed by atoms with E-state index in [0.29, 0.717) is 23.6 Å². The number of nitrogens with one attached hydrogen (secondary N) is 1. The van der Waals surface area contributed by atoms with Gasteiger partial charge < -0.3 is 10.4 Å². The van der Waals surface area contributed by atoms with Crippen molar-refractivity contribution >= 4 is 28.3 Å². The summed E-state index contributed by atoms with van der Waals surface area (Å²) in [5, 5.41) is 12.4. The smallest absolute Gasteiger partial charge is 0.251 e. The minimum atomic E-state index is -0.710. The van der Waals surface area contributed by atoms with E-state index in [-0.39, 0.29) is 22.2 Å². The maximum atomic E-state index is 12.2. The van der Waals surface area contributed by atoms with Crippen molar-refractivity contribution in [2.24, 2.45) is 0 Å². The standard InChI is InChI=1S/C15H21ClN2O3S/c1-15(2,18-5-7-22(21)8-6-18)10-17-14(20)11-3-4-13(19)12(16)9-11/h3-4,9,19H,5-8,10H2,1-2H3,(H,17,20). The predicted octanol–water partition coefficient (Wildman–Crippen LogP) is 1.62. The molecule has 1 aromatic carbocycles. The van der Waals surface area contributed by atoms with Gasteiger partial charge in [0.1, 0.15) is 5.75 Å². The molecule has 5 nitrogen and oxygen atoms in total. The molecular weight excluding hydrogens is 324 g/mol. The molecular formula is C15H21ClN2O3S. The van der Waals surface area contributed by atoms with Crippen LogP contribution in [0.15, 0.2) is 18.2 Å². The highest BCUT2D eigenvalue weighted by atomic mass is 35.5. The third-order valence-electron chi connectivity index (χ3n) is 3.93. The molecule has 1 fully saturated rings. The van der Waals surface area contributed by atoms with E-state index in [1.54, 1.807) is 0 Å². The minimum absolute atomic E-state index is 0.0418. The number of hydrogen-bond donors (Lipinski definition) is 2. The average Bonchev–Trinajstić information content (AvgIpc) is 2.48. The quantitative estimate of drug-likeness (QED) is 0.870. The minimum Gasteiger partial charge on any atom is -0.506 e. The lowest BCUT2D eigenvalue weighted by Gasteiger charge is -2.40. The van der Waals surface area contributed by atoms with Crippen LogP contribution in [0.1, 0.15) is 24.2 Å². The summed E-state index contributed by atoms with van der Waals surface area (Å²) in [6, 6.07) is 4.39. The Bertz CT molecular complexity index is 582. The third-order valence-corrected chi connectivity index (χ3v) is 5.50. The van der Waals surface area contributed by atoms with Crippen molar-refractivity contribution in [1.82, 2.24) is 10.2 Å². The third kappa shape index (κ3) is 4.21. The molecule has 0 unspecified atom stereocenters. The number of aromatic hydroxyl groups is 1. The SMILES string of the molecule is CC(C)(CNC(=O)c1ccc(O)c(Cl)c1)N1CCS(=O)CC1. The fraction of sp³-hybridized carbons (Fsp3) is 0.533. The van der Waals surface area contributed by atoms with E-state index < -0.39 is 10.8 Å². The molecule has 22 heavy (non-hydrogen) atoms. The fourth-order valence-electron chi connectivity index (χ4n) is 2.40. The van der Waals surface area contributed by atoms with Crippen molar-refractivity contribution in [1.29, 1.82) is 0 Å². The number of hydrogen-bond acceptors (Lipinski definition) is 4. The number of phenolic OH excluding ortho intramolecular Hbond substituents is 1. The van der Waals surface area contributed by atoms with Gasteiger partial charge in [-0.2, -0.15) is 0 Å². The molecule has 0 saturated carbocycles. The van der Waals surface area contributed by atoms with E-state index in [4.69, 9.17) is 11.6 Å². The summed E-state index contributed by atoms with van der Waals surface area (Å²) in [5.41, 5.74) is 0.208. The maximum absolute atomic E-state index is 12.2. The van der Waals surface area contributed by atoms with Gasteiger partial charge in [0.15, 0.2) is 0 Å². The van der Waals surface area contributed by atoms with Gasteiger partial charge in [0, 0.05) is 53.0 Å². The highest BCUT2D eigenvalue weighted by molar-refractivity contribution is 7.85. The van der Waals surface area contributed by atoms with E-state index in [1.807, 2.05) is 0 Å². The Morgan fingerprint density at radius 2 is 2.05 bits per heavy atom. The van der Waals surface area contributed by atoms with Gasteiger partial charge in [-0.3, -0.25) is 13.9 Å². The molecule has 0 radical (unpaired) electrons. The number of carbonyl (C=O) groups is 1. The van der Waals surface area contributed by atoms with E-state index in [0.717, 1.165) is 13.1 Å². The molecule has 1 saturated heterocycles. The van der Waals surface area contributed by atoms with Crippen LogP contribution in [0.3, 0.4) is 0 Å². The number of phenols is 1. The van der Waals surface area contributed by atoms with Crippen LogP contribution in [-0.2, 0) is 10.8 Å². The van der Waals surface area contributed by atoms with Crippen LogP contribution in [0.5, 0.6) is 5.75 Å². The monoisotopic (exact) mass is 344 g/mol. The van der Waals surface area contributed by atoms with Crippen LogP contribution >= 0.6 is 11.6 Å². The Morgan fingerprint density at radius 3 is 2.64 bits per heavy atom. The van der Waals surface area contributed by atoms with Crippen molar-refractivity contribution in [3.05, 3.63) is 28.8 Å². The van der Waals surface area contributed by atoms with Gasteiger partial charge in [0.05, 0.1) is 5.02 Å². The second-order valence-corrected chi connectivity index (χ2v) is 8.10. The molecule has 1 amide bonds. The maximum Gasteiger partial charge on any atom is 0.251 e.